The molecule has 7 nitrogen and oxygen atoms in total. The number of halogens is 1. The summed E-state index contributed by atoms with van der Waals surface area (Å²) < 4.78 is 15.1. The molecular weight excluding hydrogens is 323 g/mol. The molecule has 4 rings (SSSR count). The fraction of sp³-hybridized carbons (Fsp3) is 0.353. The Kier molecular flexibility index (Phi) is 3.67. The average Bonchev–Trinajstić information content (AvgIpc) is 3.21. The predicted molar refractivity (Wildman–Crippen MR) is 90.4 cm³/mol. The largest absolute Gasteiger partial charge is 0.327 e. The monoisotopic (exact) mass is 340 g/mol. The fourth-order valence-electron chi connectivity index (χ4n) is 3.21. The lowest BCUT2D eigenvalue weighted by Gasteiger charge is -2.33. The molecule has 1 atom stereocenters. The van der Waals surface area contributed by atoms with Crippen molar-refractivity contribution in [2.24, 2.45) is 9.98 Å². The second kappa shape index (κ2) is 5.87. The molecule has 2 aliphatic rings. The standard InChI is InChI=1S/C17H17FN6O/c1-10-15-21-22-16(14-9-19-11(2)20-14)24(15)8-7-23(10)17(25)12-3-5-13(18)6-4-12/h3-6,10H,7-9H2,1-2H3/t10-/m1/s1. The van der Waals surface area contributed by atoms with Crippen LogP contribution < -0.4 is 0 Å². The average molecular weight is 340 g/mol. The second-order valence-corrected chi connectivity index (χ2v) is 6.14. The number of aliphatic imine (C=N–C) groups is 2. The highest BCUT2D eigenvalue weighted by molar-refractivity contribution is 6.10. The molecular formula is C17H17FN6O. The summed E-state index contributed by atoms with van der Waals surface area (Å²) in [4.78, 5) is 23.1. The number of amidine groups is 1. The maximum absolute atomic E-state index is 13.1. The van der Waals surface area contributed by atoms with Gasteiger partial charge in [0.05, 0.1) is 12.6 Å². The molecule has 0 aliphatic carbocycles. The molecule has 2 aliphatic heterocycles. The van der Waals surface area contributed by atoms with Crippen LogP contribution in [-0.4, -0.2) is 50.2 Å². The van der Waals surface area contributed by atoms with E-state index in [-0.39, 0.29) is 17.8 Å². The Morgan fingerprint density at radius 3 is 2.64 bits per heavy atom. The van der Waals surface area contributed by atoms with E-state index in [2.05, 4.69) is 20.2 Å². The van der Waals surface area contributed by atoms with Gasteiger partial charge in [0.2, 0.25) is 0 Å². The highest BCUT2D eigenvalue weighted by Crippen LogP contribution is 2.26. The van der Waals surface area contributed by atoms with Gasteiger partial charge in [0.15, 0.2) is 11.6 Å². The number of hydrogen-bond acceptors (Lipinski definition) is 5. The first-order valence-corrected chi connectivity index (χ1v) is 8.13. The number of rotatable bonds is 2. The minimum absolute atomic E-state index is 0.138. The second-order valence-electron chi connectivity index (χ2n) is 6.14. The van der Waals surface area contributed by atoms with Crippen molar-refractivity contribution in [1.29, 1.82) is 0 Å². The van der Waals surface area contributed by atoms with Gasteiger partial charge in [0.1, 0.15) is 17.4 Å². The van der Waals surface area contributed by atoms with E-state index < -0.39 is 0 Å². The van der Waals surface area contributed by atoms with Crippen LogP contribution >= 0.6 is 0 Å². The van der Waals surface area contributed by atoms with Crippen molar-refractivity contribution in [3.05, 3.63) is 47.3 Å². The molecule has 1 aromatic heterocycles. The van der Waals surface area contributed by atoms with Crippen LogP contribution in [0, 0.1) is 5.82 Å². The van der Waals surface area contributed by atoms with E-state index in [1.54, 1.807) is 4.90 Å². The zero-order valence-electron chi connectivity index (χ0n) is 14.0. The number of amides is 1. The number of carbonyl (C=O) groups excluding carboxylic acids is 1. The fourth-order valence-corrected chi connectivity index (χ4v) is 3.21. The SMILES string of the molecule is CC1=NCC(c2nnc3n2CCN(C(=O)c2ccc(F)cc2)[C@@H]3C)=N1. The highest BCUT2D eigenvalue weighted by Gasteiger charge is 2.33. The van der Waals surface area contributed by atoms with E-state index in [4.69, 9.17) is 0 Å². The van der Waals surface area contributed by atoms with Crippen molar-refractivity contribution < 1.29 is 9.18 Å². The Hall–Kier alpha value is -2.90. The smallest absolute Gasteiger partial charge is 0.254 e. The van der Waals surface area contributed by atoms with Crippen LogP contribution in [0.2, 0.25) is 0 Å². The van der Waals surface area contributed by atoms with Gasteiger partial charge in [-0.3, -0.25) is 9.79 Å². The van der Waals surface area contributed by atoms with Crippen LogP contribution in [0.15, 0.2) is 34.3 Å². The molecule has 0 radical (unpaired) electrons. The van der Waals surface area contributed by atoms with Crippen molar-refractivity contribution >= 4 is 17.5 Å². The summed E-state index contributed by atoms with van der Waals surface area (Å²) in [7, 11) is 0. The summed E-state index contributed by atoms with van der Waals surface area (Å²) in [6.07, 6.45) is 0. The molecule has 0 saturated heterocycles. The van der Waals surface area contributed by atoms with E-state index in [0.29, 0.717) is 25.2 Å². The van der Waals surface area contributed by atoms with E-state index in [1.807, 2.05) is 18.4 Å². The van der Waals surface area contributed by atoms with Gasteiger partial charge in [0, 0.05) is 18.7 Å². The third-order valence-electron chi connectivity index (χ3n) is 4.55. The zero-order valence-corrected chi connectivity index (χ0v) is 14.0. The molecule has 0 bridgehead atoms. The number of fused-ring (bicyclic) bond motifs is 1. The quantitative estimate of drug-likeness (QED) is 0.837. The Balaban J connectivity index is 1.61. The third kappa shape index (κ3) is 2.63. The number of nitrogens with zero attached hydrogens (tertiary/aromatic N) is 6. The van der Waals surface area contributed by atoms with Gasteiger partial charge >= 0.3 is 0 Å². The Morgan fingerprint density at radius 1 is 1.20 bits per heavy atom. The van der Waals surface area contributed by atoms with Gasteiger partial charge in [-0.25, -0.2) is 9.38 Å². The van der Waals surface area contributed by atoms with Crippen molar-refractivity contribution in [2.45, 2.75) is 26.4 Å². The van der Waals surface area contributed by atoms with Crippen LogP contribution in [0.4, 0.5) is 4.39 Å². The molecule has 0 fully saturated rings. The molecule has 0 spiro atoms. The molecule has 1 aromatic carbocycles. The van der Waals surface area contributed by atoms with Gasteiger partial charge in [-0.2, -0.15) is 0 Å². The van der Waals surface area contributed by atoms with Crippen molar-refractivity contribution in [3.63, 3.8) is 0 Å². The maximum atomic E-state index is 13.1. The van der Waals surface area contributed by atoms with Crippen LogP contribution in [0.5, 0.6) is 0 Å². The number of hydrogen-bond donors (Lipinski definition) is 0. The van der Waals surface area contributed by atoms with Crippen molar-refractivity contribution in [2.75, 3.05) is 13.1 Å². The number of benzene rings is 1. The molecule has 0 N–H and O–H groups in total. The Bertz CT molecular complexity index is 898. The molecule has 25 heavy (non-hydrogen) atoms. The molecule has 1 amide bonds. The lowest BCUT2D eigenvalue weighted by atomic mass is 10.1. The number of carbonyl (C=O) groups is 1. The topological polar surface area (TPSA) is 75.7 Å². The summed E-state index contributed by atoms with van der Waals surface area (Å²) >= 11 is 0. The minimum atomic E-state index is -0.359. The van der Waals surface area contributed by atoms with E-state index in [9.17, 15) is 9.18 Å². The van der Waals surface area contributed by atoms with E-state index in [1.165, 1.54) is 24.3 Å². The van der Waals surface area contributed by atoms with Crippen molar-refractivity contribution in [1.82, 2.24) is 19.7 Å². The molecule has 0 unspecified atom stereocenters. The minimum Gasteiger partial charge on any atom is -0.327 e. The van der Waals surface area contributed by atoms with Crippen LogP contribution in [0.25, 0.3) is 0 Å². The molecule has 0 saturated carbocycles. The van der Waals surface area contributed by atoms with Gasteiger partial charge < -0.3 is 9.47 Å². The molecule has 3 heterocycles. The highest BCUT2D eigenvalue weighted by atomic mass is 19.1. The molecule has 2 aromatic rings. The zero-order chi connectivity index (χ0) is 17.6. The summed E-state index contributed by atoms with van der Waals surface area (Å²) in [5.41, 5.74) is 1.27. The summed E-state index contributed by atoms with van der Waals surface area (Å²) in [5.74, 6) is 1.69. The molecule has 128 valence electrons. The molecule has 8 heteroatoms. The van der Waals surface area contributed by atoms with Gasteiger partial charge in [-0.15, -0.1) is 10.2 Å². The first-order valence-electron chi connectivity index (χ1n) is 8.13. The first-order chi connectivity index (χ1) is 12.0. The first kappa shape index (κ1) is 15.6. The maximum Gasteiger partial charge on any atom is 0.254 e. The van der Waals surface area contributed by atoms with Crippen LogP contribution in [0.1, 0.15) is 41.9 Å². The Morgan fingerprint density at radius 2 is 1.96 bits per heavy atom. The summed E-state index contributed by atoms with van der Waals surface area (Å²) in [5, 5.41) is 8.54. The van der Waals surface area contributed by atoms with E-state index in [0.717, 1.165) is 23.2 Å². The summed E-state index contributed by atoms with van der Waals surface area (Å²) in [6.45, 7) is 5.40. The summed E-state index contributed by atoms with van der Waals surface area (Å²) in [6, 6.07) is 5.37. The van der Waals surface area contributed by atoms with Crippen LogP contribution in [0.3, 0.4) is 0 Å². The number of aromatic nitrogens is 3. The lowest BCUT2D eigenvalue weighted by molar-refractivity contribution is 0.0637. The van der Waals surface area contributed by atoms with Gasteiger partial charge in [-0.05, 0) is 38.1 Å². The Labute approximate surface area is 143 Å². The third-order valence-corrected chi connectivity index (χ3v) is 4.55. The van der Waals surface area contributed by atoms with Crippen LogP contribution in [-0.2, 0) is 6.54 Å². The van der Waals surface area contributed by atoms with Crippen molar-refractivity contribution in [3.8, 4) is 0 Å². The van der Waals surface area contributed by atoms with Gasteiger partial charge in [0.25, 0.3) is 5.91 Å². The van der Waals surface area contributed by atoms with E-state index >= 15 is 0 Å². The predicted octanol–water partition coefficient (Wildman–Crippen LogP) is 1.86. The van der Waals surface area contributed by atoms with Gasteiger partial charge in [-0.1, -0.05) is 0 Å². The normalized spacial score (nSPS) is 19.5. The lowest BCUT2D eigenvalue weighted by Crippen LogP contribution is -2.41.